The summed E-state index contributed by atoms with van der Waals surface area (Å²) in [5.74, 6) is -0.254. The van der Waals surface area contributed by atoms with E-state index in [2.05, 4.69) is 10.5 Å². The van der Waals surface area contributed by atoms with Crippen LogP contribution in [0.4, 0.5) is 5.69 Å². The Kier molecular flexibility index (Phi) is 5.48. The molecule has 26 heavy (non-hydrogen) atoms. The van der Waals surface area contributed by atoms with Crippen molar-refractivity contribution in [1.29, 1.82) is 0 Å². The number of anilines is 1. The quantitative estimate of drug-likeness (QED) is 0.656. The van der Waals surface area contributed by atoms with E-state index in [1.807, 2.05) is 25.1 Å². The minimum atomic E-state index is -0.550. The molecule has 2 aromatic carbocycles. The van der Waals surface area contributed by atoms with Crippen molar-refractivity contribution >= 4 is 28.5 Å². The number of fused-ring (bicyclic) bond motifs is 1. The summed E-state index contributed by atoms with van der Waals surface area (Å²) in [6.07, 6.45) is -0.0622. The van der Waals surface area contributed by atoms with Crippen LogP contribution in [0.3, 0.4) is 0 Å². The predicted molar refractivity (Wildman–Crippen MR) is 94.9 cm³/mol. The van der Waals surface area contributed by atoms with Gasteiger partial charge in [0.25, 0.3) is 5.91 Å². The van der Waals surface area contributed by atoms with Crippen LogP contribution in [-0.2, 0) is 20.7 Å². The van der Waals surface area contributed by atoms with Crippen molar-refractivity contribution in [2.45, 2.75) is 13.3 Å². The van der Waals surface area contributed by atoms with Gasteiger partial charge in [-0.2, -0.15) is 0 Å². The molecule has 3 rings (SSSR count). The second-order valence-electron chi connectivity index (χ2n) is 5.47. The predicted octanol–water partition coefficient (Wildman–Crippen LogP) is 2.95. The molecular weight excluding hydrogens is 336 g/mol. The third-order valence-electron chi connectivity index (χ3n) is 3.58. The summed E-state index contributed by atoms with van der Waals surface area (Å²) in [7, 11) is 0. The highest BCUT2D eigenvalue weighted by Gasteiger charge is 2.14. The fourth-order valence-corrected chi connectivity index (χ4v) is 2.40. The molecule has 3 aromatic rings. The van der Waals surface area contributed by atoms with Crippen LogP contribution in [0.1, 0.15) is 12.6 Å². The monoisotopic (exact) mass is 354 g/mol. The molecule has 1 heterocycles. The Morgan fingerprint density at radius 1 is 1.12 bits per heavy atom. The molecule has 0 spiro atoms. The Morgan fingerprint density at radius 3 is 2.65 bits per heavy atom. The molecule has 0 bridgehead atoms. The van der Waals surface area contributed by atoms with Crippen LogP contribution >= 0.6 is 0 Å². The molecular formula is C19H18N2O5. The van der Waals surface area contributed by atoms with Gasteiger partial charge < -0.3 is 19.3 Å². The highest BCUT2D eigenvalue weighted by molar-refractivity contribution is 5.93. The minimum Gasteiger partial charge on any atom is -0.494 e. The maximum Gasteiger partial charge on any atom is 0.312 e. The van der Waals surface area contributed by atoms with E-state index in [0.29, 0.717) is 23.6 Å². The van der Waals surface area contributed by atoms with Gasteiger partial charge in [0, 0.05) is 11.1 Å². The van der Waals surface area contributed by atoms with Gasteiger partial charge in [-0.25, -0.2) is 0 Å². The first kappa shape index (κ1) is 17.5. The van der Waals surface area contributed by atoms with Gasteiger partial charge in [-0.15, -0.1) is 0 Å². The Morgan fingerprint density at radius 2 is 1.88 bits per heavy atom. The number of rotatable bonds is 7. The summed E-state index contributed by atoms with van der Waals surface area (Å²) < 4.78 is 15.5. The van der Waals surface area contributed by atoms with Crippen molar-refractivity contribution in [3.8, 4) is 5.75 Å². The molecule has 1 aromatic heterocycles. The van der Waals surface area contributed by atoms with Gasteiger partial charge in [-0.3, -0.25) is 9.59 Å². The number of para-hydroxylation sites is 1. The Hall–Kier alpha value is -3.35. The van der Waals surface area contributed by atoms with Crippen molar-refractivity contribution in [3.05, 3.63) is 54.2 Å². The number of nitrogens with one attached hydrogen (secondary N) is 1. The van der Waals surface area contributed by atoms with E-state index in [4.69, 9.17) is 14.0 Å². The lowest BCUT2D eigenvalue weighted by atomic mass is 10.2. The van der Waals surface area contributed by atoms with E-state index < -0.39 is 11.9 Å². The van der Waals surface area contributed by atoms with Gasteiger partial charge in [-0.05, 0) is 43.3 Å². The molecule has 0 aliphatic heterocycles. The van der Waals surface area contributed by atoms with Gasteiger partial charge in [0.05, 0.1) is 13.0 Å². The molecule has 0 unspecified atom stereocenters. The number of amides is 1. The highest BCUT2D eigenvalue weighted by atomic mass is 16.5. The largest absolute Gasteiger partial charge is 0.494 e. The number of hydrogen-bond donors (Lipinski definition) is 1. The first-order valence-electron chi connectivity index (χ1n) is 8.17. The van der Waals surface area contributed by atoms with Gasteiger partial charge in [0.1, 0.15) is 11.4 Å². The second-order valence-corrected chi connectivity index (χ2v) is 5.47. The Bertz CT molecular complexity index is 902. The fraction of sp³-hybridized carbons (Fsp3) is 0.211. The van der Waals surface area contributed by atoms with E-state index in [1.165, 1.54) is 0 Å². The Balaban J connectivity index is 1.48. The van der Waals surface area contributed by atoms with Crippen LogP contribution in [0.2, 0.25) is 0 Å². The maximum atomic E-state index is 11.9. The van der Waals surface area contributed by atoms with Crippen molar-refractivity contribution < 1.29 is 23.6 Å². The van der Waals surface area contributed by atoms with E-state index in [9.17, 15) is 9.59 Å². The zero-order valence-electron chi connectivity index (χ0n) is 14.2. The molecule has 0 aliphatic rings. The number of carbonyl (C=O) groups is 2. The molecule has 0 saturated heterocycles. The highest BCUT2D eigenvalue weighted by Crippen LogP contribution is 2.18. The number of carbonyl (C=O) groups excluding carboxylic acids is 2. The Labute approximate surface area is 149 Å². The molecule has 1 N–H and O–H groups in total. The standard InChI is InChI=1S/C19H18N2O5/c1-2-24-14-9-7-13(8-10-14)20-18(22)12-25-19(23)11-16-15-5-3-4-6-17(15)26-21-16/h3-10H,2,11-12H2,1H3,(H,20,22). The molecule has 1 amide bonds. The number of ether oxygens (including phenoxy) is 2. The maximum absolute atomic E-state index is 11.9. The average molecular weight is 354 g/mol. The fourth-order valence-electron chi connectivity index (χ4n) is 2.40. The van der Waals surface area contributed by atoms with Gasteiger partial charge in [0.2, 0.25) is 0 Å². The van der Waals surface area contributed by atoms with E-state index in [1.54, 1.807) is 30.3 Å². The topological polar surface area (TPSA) is 90.7 Å². The lowest BCUT2D eigenvalue weighted by Gasteiger charge is -2.07. The van der Waals surface area contributed by atoms with Gasteiger partial charge in [0.15, 0.2) is 12.2 Å². The lowest BCUT2D eigenvalue weighted by molar-refractivity contribution is -0.146. The average Bonchev–Trinajstić information content (AvgIpc) is 3.05. The van der Waals surface area contributed by atoms with Crippen LogP contribution in [0.15, 0.2) is 53.1 Å². The van der Waals surface area contributed by atoms with Gasteiger partial charge >= 0.3 is 5.97 Å². The van der Waals surface area contributed by atoms with Crippen LogP contribution in [-0.4, -0.2) is 30.2 Å². The van der Waals surface area contributed by atoms with Crippen LogP contribution in [0.25, 0.3) is 11.0 Å². The zero-order chi connectivity index (χ0) is 18.4. The summed E-state index contributed by atoms with van der Waals surface area (Å²) in [6.45, 7) is 2.09. The summed E-state index contributed by atoms with van der Waals surface area (Å²) in [6, 6.07) is 14.2. The summed E-state index contributed by atoms with van der Waals surface area (Å²) in [5.41, 5.74) is 1.68. The zero-order valence-corrected chi connectivity index (χ0v) is 14.2. The molecule has 7 heteroatoms. The molecule has 0 fully saturated rings. The number of esters is 1. The summed E-state index contributed by atoms with van der Waals surface area (Å²) >= 11 is 0. The van der Waals surface area contributed by atoms with Crippen molar-refractivity contribution in [2.24, 2.45) is 0 Å². The number of benzene rings is 2. The summed E-state index contributed by atoms with van der Waals surface area (Å²) in [5, 5.41) is 7.27. The number of nitrogens with zero attached hydrogens (tertiary/aromatic N) is 1. The second kappa shape index (κ2) is 8.15. The van der Waals surface area contributed by atoms with E-state index in [-0.39, 0.29) is 13.0 Å². The van der Waals surface area contributed by atoms with Crippen molar-refractivity contribution in [3.63, 3.8) is 0 Å². The van der Waals surface area contributed by atoms with E-state index >= 15 is 0 Å². The first-order chi connectivity index (χ1) is 12.7. The molecule has 0 atom stereocenters. The molecule has 134 valence electrons. The lowest BCUT2D eigenvalue weighted by Crippen LogP contribution is -2.21. The minimum absolute atomic E-state index is 0.0622. The molecule has 7 nitrogen and oxygen atoms in total. The molecule has 0 radical (unpaired) electrons. The SMILES string of the molecule is CCOc1ccc(NC(=O)COC(=O)Cc2noc3ccccc23)cc1. The van der Waals surface area contributed by atoms with Gasteiger partial charge in [-0.1, -0.05) is 17.3 Å². The third kappa shape index (κ3) is 4.38. The normalized spacial score (nSPS) is 10.5. The van der Waals surface area contributed by atoms with Crippen LogP contribution in [0.5, 0.6) is 5.75 Å². The number of hydrogen-bond acceptors (Lipinski definition) is 6. The molecule has 0 saturated carbocycles. The molecule has 0 aliphatic carbocycles. The smallest absolute Gasteiger partial charge is 0.312 e. The van der Waals surface area contributed by atoms with E-state index in [0.717, 1.165) is 11.1 Å². The summed E-state index contributed by atoms with van der Waals surface area (Å²) in [4.78, 5) is 23.8. The first-order valence-corrected chi connectivity index (χ1v) is 8.17. The third-order valence-corrected chi connectivity index (χ3v) is 3.58. The van der Waals surface area contributed by atoms with Crippen LogP contribution < -0.4 is 10.1 Å². The number of aromatic nitrogens is 1. The van der Waals surface area contributed by atoms with Crippen molar-refractivity contribution in [1.82, 2.24) is 5.16 Å². The van der Waals surface area contributed by atoms with Crippen LogP contribution in [0, 0.1) is 0 Å². The van der Waals surface area contributed by atoms with Crippen molar-refractivity contribution in [2.75, 3.05) is 18.5 Å².